The summed E-state index contributed by atoms with van der Waals surface area (Å²) in [7, 11) is 0. The molecule has 2 N–H and O–H groups in total. The van der Waals surface area contributed by atoms with E-state index in [-0.39, 0.29) is 0 Å². The molecular weight excluding hydrogens is 228 g/mol. The number of anilines is 1. The van der Waals surface area contributed by atoms with Crippen LogP contribution in [0.1, 0.15) is 31.7 Å². The lowest BCUT2D eigenvalue weighted by Crippen LogP contribution is -2.06. The van der Waals surface area contributed by atoms with E-state index in [0.29, 0.717) is 24.2 Å². The predicted octanol–water partition coefficient (Wildman–Crippen LogP) is 1.94. The summed E-state index contributed by atoms with van der Waals surface area (Å²) in [5.41, 5.74) is 6.73. The molecular formula is C13H16N4O. The minimum atomic E-state index is 0.432. The Hall–Kier alpha value is -1.91. The molecule has 0 aliphatic heterocycles. The van der Waals surface area contributed by atoms with Crippen molar-refractivity contribution in [3.8, 4) is 0 Å². The maximum atomic E-state index is 10.6. The molecule has 1 fully saturated rings. The van der Waals surface area contributed by atoms with Gasteiger partial charge in [0.15, 0.2) is 0 Å². The lowest BCUT2D eigenvalue weighted by atomic mass is 10.1. The second-order valence-corrected chi connectivity index (χ2v) is 4.95. The van der Waals surface area contributed by atoms with E-state index in [4.69, 9.17) is 5.73 Å². The lowest BCUT2D eigenvalue weighted by molar-refractivity contribution is -0.108. The number of hydrogen-bond acceptors (Lipinski definition) is 4. The van der Waals surface area contributed by atoms with Crippen LogP contribution in [0.2, 0.25) is 0 Å². The van der Waals surface area contributed by atoms with E-state index in [0.717, 1.165) is 36.6 Å². The first-order valence-corrected chi connectivity index (χ1v) is 6.30. The van der Waals surface area contributed by atoms with E-state index in [1.165, 1.54) is 6.33 Å². The molecule has 3 rings (SSSR count). The van der Waals surface area contributed by atoms with Crippen LogP contribution in [-0.4, -0.2) is 20.8 Å². The van der Waals surface area contributed by atoms with Crippen molar-refractivity contribution in [1.29, 1.82) is 0 Å². The Morgan fingerprint density at radius 2 is 2.33 bits per heavy atom. The highest BCUT2D eigenvalue weighted by Gasteiger charge is 2.26. The summed E-state index contributed by atoms with van der Waals surface area (Å²) < 4.78 is 2.18. The number of nitrogens with zero attached hydrogens (tertiary/aromatic N) is 3. The number of aromatic nitrogens is 3. The second kappa shape index (κ2) is 4.40. The number of hydrogen-bond donors (Lipinski definition) is 1. The van der Waals surface area contributed by atoms with Gasteiger partial charge in [-0.25, -0.2) is 9.97 Å². The summed E-state index contributed by atoms with van der Waals surface area (Å²) in [6.07, 6.45) is 8.51. The zero-order chi connectivity index (χ0) is 12.5. The van der Waals surface area contributed by atoms with Crippen LogP contribution in [0.25, 0.3) is 11.0 Å². The topological polar surface area (TPSA) is 73.8 Å². The van der Waals surface area contributed by atoms with Crippen LogP contribution in [0, 0.1) is 5.92 Å². The third-order valence-electron chi connectivity index (χ3n) is 3.88. The van der Waals surface area contributed by atoms with Gasteiger partial charge in [-0.3, -0.25) is 0 Å². The first-order valence-electron chi connectivity index (χ1n) is 6.30. The average molecular weight is 244 g/mol. The lowest BCUT2D eigenvalue weighted by Gasteiger charge is -2.13. The van der Waals surface area contributed by atoms with E-state index < -0.39 is 0 Å². The van der Waals surface area contributed by atoms with E-state index in [1.54, 1.807) is 0 Å². The van der Waals surface area contributed by atoms with Crippen molar-refractivity contribution < 1.29 is 4.79 Å². The predicted molar refractivity (Wildman–Crippen MR) is 69.0 cm³/mol. The van der Waals surface area contributed by atoms with Crippen LogP contribution in [-0.2, 0) is 4.79 Å². The van der Waals surface area contributed by atoms with Crippen LogP contribution in [0.5, 0.6) is 0 Å². The molecule has 18 heavy (non-hydrogen) atoms. The molecule has 5 heteroatoms. The molecule has 0 radical (unpaired) electrons. The van der Waals surface area contributed by atoms with Gasteiger partial charge in [-0.15, -0.1) is 0 Å². The van der Waals surface area contributed by atoms with Crippen molar-refractivity contribution in [2.24, 2.45) is 5.92 Å². The normalized spacial score (nSPS) is 23.6. The molecule has 2 atom stereocenters. The van der Waals surface area contributed by atoms with E-state index >= 15 is 0 Å². The molecule has 2 heterocycles. The third kappa shape index (κ3) is 1.75. The monoisotopic (exact) mass is 244 g/mol. The Bertz CT molecular complexity index is 577. The van der Waals surface area contributed by atoms with Gasteiger partial charge < -0.3 is 15.1 Å². The molecule has 1 aliphatic carbocycles. The average Bonchev–Trinajstić information content (AvgIpc) is 2.96. The maximum Gasteiger partial charge on any atom is 0.145 e. The highest BCUT2D eigenvalue weighted by molar-refractivity contribution is 5.86. The third-order valence-corrected chi connectivity index (χ3v) is 3.88. The molecule has 0 amide bonds. The number of carbonyl (C=O) groups is 1. The summed E-state index contributed by atoms with van der Waals surface area (Å²) in [6, 6.07) is 2.40. The van der Waals surface area contributed by atoms with Gasteiger partial charge in [-0.1, -0.05) is 0 Å². The zero-order valence-electron chi connectivity index (χ0n) is 10.1. The number of carbonyl (C=O) groups excluding carboxylic acids is 1. The van der Waals surface area contributed by atoms with Crippen LogP contribution < -0.4 is 5.73 Å². The van der Waals surface area contributed by atoms with E-state index in [1.807, 2.05) is 12.3 Å². The molecule has 1 aliphatic rings. The molecule has 1 saturated carbocycles. The standard InChI is InChI=1S/C13H16N4O/c14-12-11-3-5-17(13(11)16-8-15-12)10-2-1-9(7-10)4-6-18/h3,5-6,8-10H,1-2,4,7H2,(H2,14,15,16)/t9-,10+/m1/s1. The molecule has 0 saturated heterocycles. The number of rotatable bonds is 3. The van der Waals surface area contributed by atoms with E-state index in [9.17, 15) is 4.79 Å². The fourth-order valence-corrected chi connectivity index (χ4v) is 2.94. The molecule has 0 bridgehead atoms. The fourth-order valence-electron chi connectivity index (χ4n) is 2.94. The van der Waals surface area contributed by atoms with Gasteiger partial charge in [0, 0.05) is 18.7 Å². The molecule has 0 spiro atoms. The Labute approximate surface area is 105 Å². The van der Waals surface area contributed by atoms with Crippen molar-refractivity contribution in [2.45, 2.75) is 31.7 Å². The van der Waals surface area contributed by atoms with Crippen molar-refractivity contribution >= 4 is 23.1 Å². The Balaban J connectivity index is 1.91. The largest absolute Gasteiger partial charge is 0.383 e. The SMILES string of the molecule is Nc1ncnc2c1ccn2[C@H]1CC[C@H](CC=O)C1. The smallest absolute Gasteiger partial charge is 0.145 e. The minimum absolute atomic E-state index is 0.432. The Morgan fingerprint density at radius 1 is 1.44 bits per heavy atom. The van der Waals surface area contributed by atoms with Gasteiger partial charge in [0.1, 0.15) is 24.1 Å². The van der Waals surface area contributed by atoms with Crippen LogP contribution in [0.3, 0.4) is 0 Å². The quantitative estimate of drug-likeness (QED) is 0.837. The van der Waals surface area contributed by atoms with Gasteiger partial charge in [-0.05, 0) is 31.2 Å². The van der Waals surface area contributed by atoms with Crippen molar-refractivity contribution in [2.75, 3.05) is 5.73 Å². The Morgan fingerprint density at radius 3 is 3.17 bits per heavy atom. The number of aldehydes is 1. The molecule has 2 aromatic heterocycles. The van der Waals surface area contributed by atoms with Gasteiger partial charge in [0.2, 0.25) is 0 Å². The summed E-state index contributed by atoms with van der Waals surface area (Å²) in [6.45, 7) is 0. The highest BCUT2D eigenvalue weighted by atomic mass is 16.1. The van der Waals surface area contributed by atoms with Gasteiger partial charge in [0.05, 0.1) is 5.39 Å². The van der Waals surface area contributed by atoms with Crippen LogP contribution in [0.15, 0.2) is 18.6 Å². The van der Waals surface area contributed by atoms with Crippen molar-refractivity contribution in [3.63, 3.8) is 0 Å². The first-order chi connectivity index (χ1) is 8.79. The molecule has 2 aromatic rings. The summed E-state index contributed by atoms with van der Waals surface area (Å²) >= 11 is 0. The summed E-state index contributed by atoms with van der Waals surface area (Å²) in [5, 5.41) is 0.913. The van der Waals surface area contributed by atoms with E-state index in [2.05, 4.69) is 14.5 Å². The summed E-state index contributed by atoms with van der Waals surface area (Å²) in [5.74, 6) is 1.05. The summed E-state index contributed by atoms with van der Waals surface area (Å²) in [4.78, 5) is 18.9. The second-order valence-electron chi connectivity index (χ2n) is 4.95. The molecule has 94 valence electrons. The van der Waals surface area contributed by atoms with Crippen molar-refractivity contribution in [3.05, 3.63) is 18.6 Å². The molecule has 0 aromatic carbocycles. The first kappa shape index (κ1) is 11.2. The van der Waals surface area contributed by atoms with Crippen molar-refractivity contribution in [1.82, 2.24) is 14.5 Å². The molecule has 5 nitrogen and oxygen atoms in total. The van der Waals surface area contributed by atoms with Gasteiger partial charge in [0.25, 0.3) is 0 Å². The van der Waals surface area contributed by atoms with Crippen LogP contribution >= 0.6 is 0 Å². The fraction of sp³-hybridized carbons (Fsp3) is 0.462. The Kier molecular flexibility index (Phi) is 2.74. The zero-order valence-corrected chi connectivity index (χ0v) is 10.1. The van der Waals surface area contributed by atoms with Gasteiger partial charge >= 0.3 is 0 Å². The minimum Gasteiger partial charge on any atom is -0.383 e. The van der Waals surface area contributed by atoms with Gasteiger partial charge in [-0.2, -0.15) is 0 Å². The van der Waals surface area contributed by atoms with Crippen LogP contribution in [0.4, 0.5) is 5.82 Å². The molecule has 0 unspecified atom stereocenters. The number of nitrogen functional groups attached to an aromatic ring is 1. The number of nitrogens with two attached hydrogens (primary N) is 1. The number of fused-ring (bicyclic) bond motifs is 1. The maximum absolute atomic E-state index is 10.6. The highest BCUT2D eigenvalue weighted by Crippen LogP contribution is 2.37.